The van der Waals surface area contributed by atoms with Crippen LogP contribution in [0.3, 0.4) is 0 Å². The number of carbonyl (C=O) groups excluding carboxylic acids is 1. The molecule has 0 aromatic heterocycles. The van der Waals surface area contributed by atoms with Gasteiger partial charge in [0.1, 0.15) is 5.75 Å². The molecular formula is C13H12N2O2. The van der Waals surface area contributed by atoms with Gasteiger partial charge in [0.15, 0.2) is 0 Å². The minimum Gasteiger partial charge on any atom is -0.507 e. The van der Waals surface area contributed by atoms with Gasteiger partial charge >= 0.3 is 0 Å². The van der Waals surface area contributed by atoms with Gasteiger partial charge < -0.3 is 5.11 Å². The molecule has 1 amide bonds. The zero-order valence-corrected chi connectivity index (χ0v) is 9.08. The van der Waals surface area contributed by atoms with Gasteiger partial charge in [0.25, 0.3) is 5.91 Å². The molecule has 0 fully saturated rings. The molecule has 0 saturated carbocycles. The predicted octanol–water partition coefficient (Wildman–Crippen LogP) is 1.58. The number of para-hydroxylation sites is 1. The molecule has 0 saturated heterocycles. The highest BCUT2D eigenvalue weighted by atomic mass is 16.3. The van der Waals surface area contributed by atoms with Gasteiger partial charge in [-0.1, -0.05) is 36.4 Å². The number of hydrazone groups is 1. The normalized spacial score (nSPS) is 14.6. The third-order valence-electron chi connectivity index (χ3n) is 2.37. The number of rotatable bonds is 3. The largest absolute Gasteiger partial charge is 0.507 e. The number of aromatic hydroxyl groups is 1. The van der Waals surface area contributed by atoms with Gasteiger partial charge in [0, 0.05) is 5.56 Å². The number of nitrogens with one attached hydrogen (secondary N) is 1. The molecule has 0 spiro atoms. The van der Waals surface area contributed by atoms with Crippen LogP contribution in [-0.4, -0.2) is 17.2 Å². The Morgan fingerprint density at radius 1 is 1.29 bits per heavy atom. The lowest BCUT2D eigenvalue weighted by Gasteiger charge is -2.02. The maximum atomic E-state index is 11.5. The van der Waals surface area contributed by atoms with Crippen LogP contribution in [0.15, 0.2) is 53.7 Å². The number of phenolic OH excluding ortho intramolecular Hbond substituents is 1. The van der Waals surface area contributed by atoms with Gasteiger partial charge in [-0.2, -0.15) is 5.10 Å². The van der Waals surface area contributed by atoms with Crippen molar-refractivity contribution in [3.8, 4) is 5.75 Å². The SMILES string of the molecule is O=C(N/N=C/c1ccccc1O)C1C=CC=C1. The Bertz CT molecular complexity index is 492. The van der Waals surface area contributed by atoms with Crippen LogP contribution < -0.4 is 5.43 Å². The van der Waals surface area contributed by atoms with Crippen LogP contribution in [-0.2, 0) is 4.79 Å². The Morgan fingerprint density at radius 2 is 2.00 bits per heavy atom. The van der Waals surface area contributed by atoms with E-state index in [1.54, 1.807) is 36.4 Å². The van der Waals surface area contributed by atoms with Crippen molar-refractivity contribution in [3.05, 3.63) is 54.1 Å². The fraction of sp³-hybridized carbons (Fsp3) is 0.0769. The van der Waals surface area contributed by atoms with Crippen LogP contribution in [0.1, 0.15) is 5.56 Å². The highest BCUT2D eigenvalue weighted by Crippen LogP contribution is 2.12. The second kappa shape index (κ2) is 5.12. The van der Waals surface area contributed by atoms with Crippen LogP contribution in [0, 0.1) is 5.92 Å². The lowest BCUT2D eigenvalue weighted by atomic mass is 10.2. The second-order valence-corrected chi connectivity index (χ2v) is 3.59. The zero-order chi connectivity index (χ0) is 12.1. The summed E-state index contributed by atoms with van der Waals surface area (Å²) in [5.41, 5.74) is 2.98. The molecule has 17 heavy (non-hydrogen) atoms. The summed E-state index contributed by atoms with van der Waals surface area (Å²) >= 11 is 0. The molecule has 0 bridgehead atoms. The monoisotopic (exact) mass is 228 g/mol. The van der Waals surface area contributed by atoms with Gasteiger partial charge in [-0.25, -0.2) is 5.43 Å². The smallest absolute Gasteiger partial charge is 0.250 e. The molecule has 1 aromatic carbocycles. The molecule has 86 valence electrons. The first-order valence-electron chi connectivity index (χ1n) is 5.23. The van der Waals surface area contributed by atoms with Gasteiger partial charge in [-0.15, -0.1) is 0 Å². The third-order valence-corrected chi connectivity index (χ3v) is 2.37. The number of phenols is 1. The maximum absolute atomic E-state index is 11.5. The van der Waals surface area contributed by atoms with Gasteiger partial charge in [0.05, 0.1) is 12.1 Å². The van der Waals surface area contributed by atoms with E-state index < -0.39 is 0 Å². The van der Waals surface area contributed by atoms with E-state index in [1.165, 1.54) is 6.21 Å². The van der Waals surface area contributed by atoms with Crippen molar-refractivity contribution >= 4 is 12.1 Å². The van der Waals surface area contributed by atoms with E-state index in [2.05, 4.69) is 10.5 Å². The molecule has 0 atom stereocenters. The number of nitrogens with zero attached hydrogens (tertiary/aromatic N) is 1. The summed E-state index contributed by atoms with van der Waals surface area (Å²) in [5.74, 6) is -0.315. The van der Waals surface area contributed by atoms with Crippen molar-refractivity contribution in [1.82, 2.24) is 5.43 Å². The third kappa shape index (κ3) is 2.81. The Morgan fingerprint density at radius 3 is 2.71 bits per heavy atom. The molecule has 0 radical (unpaired) electrons. The zero-order valence-electron chi connectivity index (χ0n) is 9.08. The molecule has 1 aliphatic carbocycles. The van der Waals surface area contributed by atoms with Crippen molar-refractivity contribution in [2.24, 2.45) is 11.0 Å². The fourth-order valence-electron chi connectivity index (χ4n) is 1.44. The molecular weight excluding hydrogens is 216 g/mol. The summed E-state index contributed by atoms with van der Waals surface area (Å²) < 4.78 is 0. The first-order valence-corrected chi connectivity index (χ1v) is 5.23. The molecule has 0 unspecified atom stereocenters. The minimum absolute atomic E-state index is 0.131. The van der Waals surface area contributed by atoms with E-state index in [-0.39, 0.29) is 17.6 Å². The van der Waals surface area contributed by atoms with E-state index in [0.717, 1.165) is 0 Å². The number of benzene rings is 1. The lowest BCUT2D eigenvalue weighted by Crippen LogP contribution is -2.23. The molecule has 2 N–H and O–H groups in total. The molecule has 1 aromatic rings. The van der Waals surface area contributed by atoms with Crippen molar-refractivity contribution in [1.29, 1.82) is 0 Å². The van der Waals surface area contributed by atoms with Gasteiger partial charge in [0.2, 0.25) is 0 Å². The summed E-state index contributed by atoms with van der Waals surface area (Å²) in [7, 11) is 0. The average molecular weight is 228 g/mol. The second-order valence-electron chi connectivity index (χ2n) is 3.59. The Hall–Kier alpha value is -2.36. The number of carbonyl (C=O) groups is 1. The summed E-state index contributed by atoms with van der Waals surface area (Å²) in [4.78, 5) is 11.5. The number of hydrogen-bond donors (Lipinski definition) is 2. The minimum atomic E-state index is -0.253. The molecule has 0 aliphatic heterocycles. The summed E-state index contributed by atoms with van der Waals surface area (Å²) in [5, 5.41) is 13.3. The average Bonchev–Trinajstić information content (AvgIpc) is 2.85. The number of hydrogen-bond acceptors (Lipinski definition) is 3. The van der Waals surface area contributed by atoms with Crippen molar-refractivity contribution < 1.29 is 9.90 Å². The van der Waals surface area contributed by atoms with Crippen LogP contribution in [0.5, 0.6) is 5.75 Å². The fourth-order valence-corrected chi connectivity index (χ4v) is 1.44. The van der Waals surface area contributed by atoms with E-state index in [1.807, 2.05) is 12.2 Å². The first-order chi connectivity index (χ1) is 8.27. The molecule has 4 heteroatoms. The quantitative estimate of drug-likeness (QED) is 0.609. The number of amides is 1. The molecule has 0 heterocycles. The molecule has 2 rings (SSSR count). The molecule has 4 nitrogen and oxygen atoms in total. The van der Waals surface area contributed by atoms with Crippen molar-refractivity contribution in [3.63, 3.8) is 0 Å². The van der Waals surface area contributed by atoms with Crippen LogP contribution in [0.2, 0.25) is 0 Å². The lowest BCUT2D eigenvalue weighted by molar-refractivity contribution is -0.122. The van der Waals surface area contributed by atoms with E-state index in [4.69, 9.17) is 0 Å². The van der Waals surface area contributed by atoms with E-state index in [0.29, 0.717) is 5.56 Å². The van der Waals surface area contributed by atoms with Crippen LogP contribution >= 0.6 is 0 Å². The molecule has 1 aliphatic rings. The standard InChI is InChI=1S/C13H12N2O2/c16-12-8-4-3-7-11(12)9-14-15-13(17)10-5-1-2-6-10/h1-10,16H,(H,15,17)/b14-9+. The highest BCUT2D eigenvalue weighted by Gasteiger charge is 2.12. The Kier molecular flexibility index (Phi) is 3.35. The summed E-state index contributed by atoms with van der Waals surface area (Å²) in [6, 6.07) is 6.77. The van der Waals surface area contributed by atoms with Crippen LogP contribution in [0.4, 0.5) is 0 Å². The topological polar surface area (TPSA) is 61.7 Å². The van der Waals surface area contributed by atoms with Crippen LogP contribution in [0.25, 0.3) is 0 Å². The Balaban J connectivity index is 1.94. The van der Waals surface area contributed by atoms with Gasteiger partial charge in [-0.05, 0) is 12.1 Å². The van der Waals surface area contributed by atoms with Crippen molar-refractivity contribution in [2.75, 3.05) is 0 Å². The summed E-state index contributed by atoms with van der Waals surface area (Å²) in [6.45, 7) is 0. The summed E-state index contributed by atoms with van der Waals surface area (Å²) in [6.07, 6.45) is 8.61. The highest BCUT2D eigenvalue weighted by molar-refractivity contribution is 5.87. The van der Waals surface area contributed by atoms with Crippen molar-refractivity contribution in [2.45, 2.75) is 0 Å². The van der Waals surface area contributed by atoms with E-state index in [9.17, 15) is 9.90 Å². The van der Waals surface area contributed by atoms with Gasteiger partial charge in [-0.3, -0.25) is 4.79 Å². The van der Waals surface area contributed by atoms with E-state index >= 15 is 0 Å². The Labute approximate surface area is 99.0 Å². The predicted molar refractivity (Wildman–Crippen MR) is 65.6 cm³/mol. The first kappa shape index (κ1) is 11.1. The maximum Gasteiger partial charge on any atom is 0.250 e. The number of allylic oxidation sites excluding steroid dienone is 2.